The molecule has 1 heterocycles. The molecular weight excluding hydrogens is 494 g/mol. The number of amides is 2. The number of nitrogens with one attached hydrogen (secondary N) is 2. The van der Waals surface area contributed by atoms with Gasteiger partial charge in [0.25, 0.3) is 5.91 Å². The molecule has 2 aliphatic rings. The first-order chi connectivity index (χ1) is 18.4. The Hall–Kier alpha value is -3.31. The third-order valence-electron chi connectivity index (χ3n) is 8.02. The minimum absolute atomic E-state index is 0.0304. The maximum Gasteiger partial charge on any atom is 0.254 e. The lowest BCUT2D eigenvalue weighted by Crippen LogP contribution is -2.46. The molecule has 2 N–H and O–H groups in total. The summed E-state index contributed by atoms with van der Waals surface area (Å²) in [5.41, 5.74) is 5.31. The SMILES string of the molecule is Cc1ccc(NC(=O)[C@H]2CCCN(C(=O)c3ccccc3C)[C@H]2c2ccc(NC3CCCC3)cc2)cc1Cl. The standard InChI is InChI=1S/C32H36ClN3O2/c1-21-8-3-6-11-27(21)32(38)36-19-7-12-28(31(37)35-26-16-13-22(2)29(33)20-26)30(36)23-14-17-25(18-15-23)34-24-9-4-5-10-24/h3,6,8,11,13-18,20,24,28,30,34H,4-5,7,9-10,12,19H2,1-2H3,(H,35,37)/t28-,30-/m0/s1. The van der Waals surface area contributed by atoms with Crippen molar-refractivity contribution < 1.29 is 9.59 Å². The highest BCUT2D eigenvalue weighted by Gasteiger charge is 2.40. The normalized spacial score (nSPS) is 19.8. The second-order valence-corrected chi connectivity index (χ2v) is 11.1. The summed E-state index contributed by atoms with van der Waals surface area (Å²) in [4.78, 5) is 29.5. The lowest BCUT2D eigenvalue weighted by atomic mass is 9.83. The van der Waals surface area contributed by atoms with Crippen LogP contribution in [-0.2, 0) is 4.79 Å². The summed E-state index contributed by atoms with van der Waals surface area (Å²) in [6.45, 7) is 4.51. The van der Waals surface area contributed by atoms with Crippen molar-refractivity contribution in [3.63, 3.8) is 0 Å². The number of carbonyl (C=O) groups excluding carboxylic acids is 2. The zero-order valence-electron chi connectivity index (χ0n) is 22.2. The monoisotopic (exact) mass is 529 g/mol. The highest BCUT2D eigenvalue weighted by atomic mass is 35.5. The third-order valence-corrected chi connectivity index (χ3v) is 8.43. The largest absolute Gasteiger partial charge is 0.382 e. The van der Waals surface area contributed by atoms with Gasteiger partial charge in [-0.1, -0.05) is 60.8 Å². The third kappa shape index (κ3) is 5.73. The van der Waals surface area contributed by atoms with E-state index in [-0.39, 0.29) is 23.8 Å². The van der Waals surface area contributed by atoms with Crippen LogP contribution in [0.15, 0.2) is 66.7 Å². The summed E-state index contributed by atoms with van der Waals surface area (Å²) >= 11 is 6.32. The van der Waals surface area contributed by atoms with Gasteiger partial charge in [0, 0.05) is 34.5 Å². The molecule has 6 heteroatoms. The van der Waals surface area contributed by atoms with Gasteiger partial charge in [-0.25, -0.2) is 0 Å². The van der Waals surface area contributed by atoms with Crippen molar-refractivity contribution in [1.29, 1.82) is 0 Å². The van der Waals surface area contributed by atoms with Crippen LogP contribution in [0.2, 0.25) is 5.02 Å². The van der Waals surface area contributed by atoms with Gasteiger partial charge in [0.05, 0.1) is 12.0 Å². The number of likely N-dealkylation sites (tertiary alicyclic amines) is 1. The number of hydrogen-bond donors (Lipinski definition) is 2. The van der Waals surface area contributed by atoms with Gasteiger partial charge in [0.1, 0.15) is 0 Å². The number of benzene rings is 3. The molecule has 5 rings (SSSR count). The van der Waals surface area contributed by atoms with Crippen LogP contribution >= 0.6 is 11.6 Å². The number of rotatable bonds is 6. The molecule has 1 aliphatic carbocycles. The molecule has 0 aromatic heterocycles. The Morgan fingerprint density at radius 1 is 0.842 bits per heavy atom. The fraction of sp³-hybridized carbons (Fsp3) is 0.375. The van der Waals surface area contributed by atoms with Gasteiger partial charge >= 0.3 is 0 Å². The van der Waals surface area contributed by atoms with Crippen LogP contribution in [0.3, 0.4) is 0 Å². The van der Waals surface area contributed by atoms with Crippen LogP contribution in [0, 0.1) is 19.8 Å². The van der Waals surface area contributed by atoms with Gasteiger partial charge in [-0.3, -0.25) is 9.59 Å². The van der Waals surface area contributed by atoms with Crippen molar-refractivity contribution >= 4 is 34.8 Å². The summed E-state index contributed by atoms with van der Waals surface area (Å²) in [5.74, 6) is -0.507. The van der Waals surface area contributed by atoms with Gasteiger partial charge in [-0.15, -0.1) is 0 Å². The maximum atomic E-state index is 13.9. The topological polar surface area (TPSA) is 61.4 Å². The number of hydrogen-bond acceptors (Lipinski definition) is 3. The van der Waals surface area contributed by atoms with E-state index in [4.69, 9.17) is 11.6 Å². The molecule has 1 saturated heterocycles. The number of aryl methyl sites for hydroxylation is 2. The van der Waals surface area contributed by atoms with Gasteiger partial charge in [-0.05, 0) is 86.6 Å². The number of halogens is 1. The summed E-state index contributed by atoms with van der Waals surface area (Å²) in [5, 5.41) is 7.33. The minimum Gasteiger partial charge on any atom is -0.382 e. The zero-order chi connectivity index (χ0) is 26.6. The Labute approximate surface area is 230 Å². The van der Waals surface area contributed by atoms with Gasteiger partial charge in [-0.2, -0.15) is 0 Å². The summed E-state index contributed by atoms with van der Waals surface area (Å²) < 4.78 is 0. The predicted octanol–water partition coefficient (Wildman–Crippen LogP) is 7.54. The predicted molar refractivity (Wildman–Crippen MR) is 155 cm³/mol. The zero-order valence-corrected chi connectivity index (χ0v) is 22.9. The van der Waals surface area contributed by atoms with Gasteiger partial charge in [0.2, 0.25) is 5.91 Å². The number of nitrogens with zero attached hydrogens (tertiary/aromatic N) is 1. The summed E-state index contributed by atoms with van der Waals surface area (Å²) in [7, 11) is 0. The molecular formula is C32H36ClN3O2. The van der Waals surface area contributed by atoms with Crippen LogP contribution in [0.5, 0.6) is 0 Å². The second kappa shape index (κ2) is 11.6. The fourth-order valence-electron chi connectivity index (χ4n) is 5.87. The Morgan fingerprint density at radius 2 is 1.55 bits per heavy atom. The first-order valence-corrected chi connectivity index (χ1v) is 14.1. The fourth-order valence-corrected chi connectivity index (χ4v) is 6.05. The highest BCUT2D eigenvalue weighted by Crippen LogP contribution is 2.39. The van der Waals surface area contributed by atoms with E-state index in [0.717, 1.165) is 28.8 Å². The van der Waals surface area contributed by atoms with E-state index in [9.17, 15) is 9.59 Å². The summed E-state index contributed by atoms with van der Waals surface area (Å²) in [6, 6.07) is 21.7. The Balaban J connectivity index is 1.45. The molecule has 1 aliphatic heterocycles. The molecule has 0 unspecified atom stereocenters. The molecule has 3 aromatic carbocycles. The van der Waals surface area contributed by atoms with Crippen LogP contribution < -0.4 is 10.6 Å². The first kappa shape index (κ1) is 26.3. The lowest BCUT2D eigenvalue weighted by Gasteiger charge is -2.41. The quantitative estimate of drug-likeness (QED) is 0.346. The second-order valence-electron chi connectivity index (χ2n) is 10.7. The van der Waals surface area contributed by atoms with Crippen molar-refractivity contribution in [3.8, 4) is 0 Å². The Bertz CT molecular complexity index is 1300. The van der Waals surface area contributed by atoms with Crippen molar-refractivity contribution in [3.05, 3.63) is 94.0 Å². The average Bonchev–Trinajstić information content (AvgIpc) is 3.44. The van der Waals surface area contributed by atoms with E-state index in [1.54, 1.807) is 6.07 Å². The number of anilines is 2. The van der Waals surface area contributed by atoms with Crippen molar-refractivity contribution in [1.82, 2.24) is 4.90 Å². The van der Waals surface area contributed by atoms with E-state index in [1.165, 1.54) is 25.7 Å². The molecule has 2 fully saturated rings. The molecule has 0 spiro atoms. The smallest absolute Gasteiger partial charge is 0.254 e. The van der Waals surface area contributed by atoms with E-state index >= 15 is 0 Å². The molecule has 0 bridgehead atoms. The Kier molecular flexibility index (Phi) is 8.04. The minimum atomic E-state index is -0.384. The highest BCUT2D eigenvalue weighted by molar-refractivity contribution is 6.31. The van der Waals surface area contributed by atoms with Crippen LogP contribution in [0.4, 0.5) is 11.4 Å². The summed E-state index contributed by atoms with van der Waals surface area (Å²) in [6.07, 6.45) is 6.42. The van der Waals surface area contributed by atoms with Crippen LogP contribution in [0.25, 0.3) is 0 Å². The van der Waals surface area contributed by atoms with Crippen molar-refractivity contribution in [2.45, 2.75) is 64.5 Å². The molecule has 0 radical (unpaired) electrons. The van der Waals surface area contributed by atoms with E-state index in [0.29, 0.717) is 35.3 Å². The van der Waals surface area contributed by atoms with E-state index in [1.807, 2.05) is 55.1 Å². The van der Waals surface area contributed by atoms with E-state index < -0.39 is 0 Å². The maximum absolute atomic E-state index is 13.9. The first-order valence-electron chi connectivity index (χ1n) is 13.7. The molecule has 2 atom stereocenters. The number of piperidine rings is 1. The van der Waals surface area contributed by atoms with E-state index in [2.05, 4.69) is 34.9 Å². The molecule has 5 nitrogen and oxygen atoms in total. The lowest BCUT2D eigenvalue weighted by molar-refractivity contribution is -0.123. The van der Waals surface area contributed by atoms with Gasteiger partial charge < -0.3 is 15.5 Å². The molecule has 1 saturated carbocycles. The molecule has 2 amide bonds. The van der Waals surface area contributed by atoms with Crippen LogP contribution in [-0.4, -0.2) is 29.3 Å². The Morgan fingerprint density at radius 3 is 2.26 bits per heavy atom. The van der Waals surface area contributed by atoms with Gasteiger partial charge in [0.15, 0.2) is 0 Å². The molecule has 3 aromatic rings. The average molecular weight is 530 g/mol. The molecule has 38 heavy (non-hydrogen) atoms. The van der Waals surface area contributed by atoms with Crippen molar-refractivity contribution in [2.75, 3.05) is 17.2 Å². The number of carbonyl (C=O) groups is 2. The molecule has 198 valence electrons. The van der Waals surface area contributed by atoms with Crippen molar-refractivity contribution in [2.24, 2.45) is 5.92 Å². The van der Waals surface area contributed by atoms with Crippen LogP contribution in [0.1, 0.15) is 71.6 Å².